The van der Waals surface area contributed by atoms with Crippen molar-refractivity contribution in [3.8, 4) is 0 Å². The van der Waals surface area contributed by atoms with Crippen LogP contribution in [0.15, 0.2) is 18.2 Å². The van der Waals surface area contributed by atoms with E-state index in [9.17, 15) is 9.59 Å². The molecular formula is C10H9ClO4. The van der Waals surface area contributed by atoms with Gasteiger partial charge in [0.15, 0.2) is 0 Å². The van der Waals surface area contributed by atoms with Crippen molar-refractivity contribution in [1.29, 1.82) is 0 Å². The fraction of sp³-hybridized carbons (Fsp3) is 0.200. The lowest BCUT2D eigenvalue weighted by atomic mass is 10.0. The largest absolute Gasteiger partial charge is 0.481 e. The molecule has 0 saturated heterocycles. The highest BCUT2D eigenvalue weighted by Gasteiger charge is 2.17. The summed E-state index contributed by atoms with van der Waals surface area (Å²) in [6.07, 6.45) is -0.259. The molecule has 1 rings (SSSR count). The van der Waals surface area contributed by atoms with E-state index in [-0.39, 0.29) is 17.0 Å². The van der Waals surface area contributed by atoms with Crippen LogP contribution in [0, 0.1) is 0 Å². The lowest BCUT2D eigenvalue weighted by Crippen LogP contribution is -2.10. The lowest BCUT2D eigenvalue weighted by Gasteiger charge is -2.07. The predicted octanol–water partition coefficient (Wildman–Crippen LogP) is 1.75. The zero-order chi connectivity index (χ0) is 11.4. The average Bonchev–Trinajstić information content (AvgIpc) is 2.16. The molecule has 0 atom stereocenters. The Morgan fingerprint density at radius 2 is 2.13 bits per heavy atom. The molecule has 0 bridgehead atoms. The van der Waals surface area contributed by atoms with Crippen LogP contribution in [-0.2, 0) is 16.0 Å². The van der Waals surface area contributed by atoms with E-state index in [0.29, 0.717) is 5.56 Å². The van der Waals surface area contributed by atoms with Crippen LogP contribution in [0.4, 0.5) is 0 Å². The van der Waals surface area contributed by atoms with Gasteiger partial charge in [-0.05, 0) is 11.6 Å². The summed E-state index contributed by atoms with van der Waals surface area (Å²) in [4.78, 5) is 21.9. The van der Waals surface area contributed by atoms with Crippen molar-refractivity contribution in [2.75, 3.05) is 7.11 Å². The predicted molar refractivity (Wildman–Crippen MR) is 54.1 cm³/mol. The molecule has 15 heavy (non-hydrogen) atoms. The van der Waals surface area contributed by atoms with Gasteiger partial charge in [-0.1, -0.05) is 23.7 Å². The summed E-state index contributed by atoms with van der Waals surface area (Å²) in [6, 6.07) is 4.64. The Labute approximate surface area is 91.4 Å². The normalized spacial score (nSPS) is 9.73. The van der Waals surface area contributed by atoms with Crippen LogP contribution in [0.2, 0.25) is 5.02 Å². The second-order valence-electron chi connectivity index (χ2n) is 2.84. The number of carbonyl (C=O) groups is 2. The van der Waals surface area contributed by atoms with Gasteiger partial charge in [0.05, 0.1) is 24.1 Å². The molecule has 0 unspecified atom stereocenters. The third-order valence-electron chi connectivity index (χ3n) is 1.83. The Morgan fingerprint density at radius 1 is 1.47 bits per heavy atom. The Kier molecular flexibility index (Phi) is 3.68. The van der Waals surface area contributed by atoms with Gasteiger partial charge in [0.25, 0.3) is 0 Å². The maximum absolute atomic E-state index is 11.3. The number of hydrogen-bond acceptors (Lipinski definition) is 3. The standard InChI is InChI=1S/C10H9ClO4/c1-15-10(14)9-6(5-8(12)13)3-2-4-7(9)11/h2-4H,5H2,1H3,(H,12,13). The maximum Gasteiger partial charge on any atom is 0.339 e. The van der Waals surface area contributed by atoms with Crippen LogP contribution in [0.3, 0.4) is 0 Å². The molecule has 0 aromatic heterocycles. The van der Waals surface area contributed by atoms with Gasteiger partial charge in [-0.25, -0.2) is 4.79 Å². The fourth-order valence-electron chi connectivity index (χ4n) is 1.21. The molecule has 5 heteroatoms. The van der Waals surface area contributed by atoms with Gasteiger partial charge in [-0.2, -0.15) is 0 Å². The SMILES string of the molecule is COC(=O)c1c(Cl)cccc1CC(=O)O. The number of rotatable bonds is 3. The minimum absolute atomic E-state index is 0.115. The fourth-order valence-corrected chi connectivity index (χ4v) is 1.48. The number of methoxy groups -OCH3 is 1. The minimum atomic E-state index is -1.03. The van der Waals surface area contributed by atoms with Crippen molar-refractivity contribution < 1.29 is 19.4 Å². The van der Waals surface area contributed by atoms with Crippen molar-refractivity contribution in [2.45, 2.75) is 6.42 Å². The first-order chi connectivity index (χ1) is 7.06. The summed E-state index contributed by atoms with van der Waals surface area (Å²) in [5.74, 6) is -1.65. The van der Waals surface area contributed by atoms with Crippen LogP contribution in [0.5, 0.6) is 0 Å². The Bertz CT molecular complexity index is 400. The van der Waals surface area contributed by atoms with Crippen LogP contribution in [0.1, 0.15) is 15.9 Å². The first-order valence-electron chi connectivity index (χ1n) is 4.13. The summed E-state index contributed by atoms with van der Waals surface area (Å²) in [6.45, 7) is 0. The van der Waals surface area contributed by atoms with E-state index >= 15 is 0 Å². The van der Waals surface area contributed by atoms with Gasteiger partial charge in [0.2, 0.25) is 0 Å². The smallest absolute Gasteiger partial charge is 0.339 e. The summed E-state index contributed by atoms with van der Waals surface area (Å²) in [5.41, 5.74) is 0.464. The van der Waals surface area contributed by atoms with Gasteiger partial charge in [-0.3, -0.25) is 4.79 Å². The molecule has 0 saturated carbocycles. The van der Waals surface area contributed by atoms with E-state index in [2.05, 4.69) is 4.74 Å². The number of halogens is 1. The molecule has 0 aliphatic carbocycles. The number of aliphatic carboxylic acids is 1. The minimum Gasteiger partial charge on any atom is -0.481 e. The van der Waals surface area contributed by atoms with Crippen molar-refractivity contribution in [1.82, 2.24) is 0 Å². The number of hydrogen-bond donors (Lipinski definition) is 1. The molecule has 0 radical (unpaired) electrons. The molecule has 4 nitrogen and oxygen atoms in total. The van der Waals surface area contributed by atoms with E-state index in [1.807, 2.05) is 0 Å². The molecule has 0 heterocycles. The van der Waals surface area contributed by atoms with Crippen LogP contribution in [-0.4, -0.2) is 24.2 Å². The monoisotopic (exact) mass is 228 g/mol. The molecule has 1 aromatic carbocycles. The van der Waals surface area contributed by atoms with Gasteiger partial charge >= 0.3 is 11.9 Å². The van der Waals surface area contributed by atoms with Crippen LogP contribution in [0.25, 0.3) is 0 Å². The lowest BCUT2D eigenvalue weighted by molar-refractivity contribution is -0.136. The number of esters is 1. The van der Waals surface area contributed by atoms with E-state index < -0.39 is 11.9 Å². The molecule has 0 aliphatic heterocycles. The molecular weight excluding hydrogens is 220 g/mol. The second kappa shape index (κ2) is 4.79. The average molecular weight is 229 g/mol. The van der Waals surface area contributed by atoms with E-state index in [4.69, 9.17) is 16.7 Å². The summed E-state index contributed by atoms with van der Waals surface area (Å²) < 4.78 is 4.52. The number of carboxylic acids is 1. The third-order valence-corrected chi connectivity index (χ3v) is 2.15. The quantitative estimate of drug-likeness (QED) is 0.801. The van der Waals surface area contributed by atoms with Crippen LogP contribution < -0.4 is 0 Å². The van der Waals surface area contributed by atoms with E-state index in [0.717, 1.165) is 0 Å². The van der Waals surface area contributed by atoms with Crippen molar-refractivity contribution in [3.63, 3.8) is 0 Å². The molecule has 80 valence electrons. The zero-order valence-electron chi connectivity index (χ0n) is 7.99. The molecule has 0 aliphatic rings. The van der Waals surface area contributed by atoms with Crippen molar-refractivity contribution in [2.24, 2.45) is 0 Å². The molecule has 0 amide bonds. The Morgan fingerprint density at radius 3 is 2.67 bits per heavy atom. The number of carboxylic acid groups (broad SMARTS) is 1. The second-order valence-corrected chi connectivity index (χ2v) is 3.24. The highest BCUT2D eigenvalue weighted by atomic mass is 35.5. The zero-order valence-corrected chi connectivity index (χ0v) is 8.75. The van der Waals surface area contributed by atoms with Gasteiger partial charge in [0, 0.05) is 0 Å². The summed E-state index contributed by atoms with van der Waals surface area (Å²) in [5, 5.41) is 8.84. The topological polar surface area (TPSA) is 63.6 Å². The summed E-state index contributed by atoms with van der Waals surface area (Å²) in [7, 11) is 1.22. The number of ether oxygens (including phenoxy) is 1. The van der Waals surface area contributed by atoms with Crippen molar-refractivity contribution >= 4 is 23.5 Å². The highest BCUT2D eigenvalue weighted by molar-refractivity contribution is 6.33. The van der Waals surface area contributed by atoms with Gasteiger partial charge in [-0.15, -0.1) is 0 Å². The third kappa shape index (κ3) is 2.70. The first kappa shape index (κ1) is 11.5. The highest BCUT2D eigenvalue weighted by Crippen LogP contribution is 2.21. The van der Waals surface area contributed by atoms with Gasteiger partial charge in [0.1, 0.15) is 0 Å². The molecule has 0 fully saturated rings. The first-order valence-corrected chi connectivity index (χ1v) is 4.51. The van der Waals surface area contributed by atoms with Crippen molar-refractivity contribution in [3.05, 3.63) is 34.3 Å². The maximum atomic E-state index is 11.3. The Hall–Kier alpha value is -1.55. The molecule has 1 aromatic rings. The number of carbonyl (C=O) groups excluding carboxylic acids is 1. The summed E-state index contributed by atoms with van der Waals surface area (Å²) >= 11 is 5.79. The van der Waals surface area contributed by atoms with E-state index in [1.165, 1.54) is 19.2 Å². The van der Waals surface area contributed by atoms with Gasteiger partial charge < -0.3 is 9.84 Å². The number of benzene rings is 1. The van der Waals surface area contributed by atoms with Crippen LogP contribution >= 0.6 is 11.6 Å². The Balaban J connectivity index is 3.20. The van der Waals surface area contributed by atoms with E-state index in [1.54, 1.807) is 6.07 Å². The molecule has 0 spiro atoms. The molecule has 1 N–H and O–H groups in total.